The zero-order valence-corrected chi connectivity index (χ0v) is 16.9. The molecule has 4 rings (SSSR count). The topological polar surface area (TPSA) is 164 Å². The van der Waals surface area contributed by atoms with Gasteiger partial charge in [-0.05, 0) is 29.0 Å². The molecule has 0 aliphatic rings. The maximum atomic E-state index is 12.7. The molecule has 2 aromatic heterocycles. The number of aromatic nitrogens is 3. The van der Waals surface area contributed by atoms with E-state index in [-0.39, 0.29) is 17.3 Å². The van der Waals surface area contributed by atoms with Gasteiger partial charge in [-0.2, -0.15) is 0 Å². The molecule has 0 radical (unpaired) electrons. The highest BCUT2D eigenvalue weighted by molar-refractivity contribution is 6.07. The fourth-order valence-corrected chi connectivity index (χ4v) is 3.02. The standard InChI is InChI=1S/C21H16N8O4/c30-20(15-9-5-7-13-6-1-2-8-14(13)15)27-25-18-17(29(32)33)19(24-12-23-18)26-28-21(31)16-10-3-4-11-22-16/h1-12H,(H,27,30)(H,28,31)(H2,23,24,25,26). The molecule has 0 fully saturated rings. The number of hydrazine groups is 2. The first-order valence-electron chi connectivity index (χ1n) is 9.55. The normalized spacial score (nSPS) is 10.3. The molecule has 0 unspecified atom stereocenters. The Balaban J connectivity index is 1.51. The third kappa shape index (κ3) is 4.64. The van der Waals surface area contributed by atoms with Crippen molar-refractivity contribution in [3.63, 3.8) is 0 Å². The van der Waals surface area contributed by atoms with Crippen molar-refractivity contribution in [3.05, 3.63) is 94.6 Å². The van der Waals surface area contributed by atoms with E-state index in [0.717, 1.165) is 17.1 Å². The van der Waals surface area contributed by atoms with Gasteiger partial charge in [0.15, 0.2) is 0 Å². The summed E-state index contributed by atoms with van der Waals surface area (Å²) in [5.74, 6) is -1.71. The van der Waals surface area contributed by atoms with Gasteiger partial charge >= 0.3 is 5.69 Å². The molecule has 0 aliphatic heterocycles. The number of nitro groups is 1. The molecule has 2 aromatic carbocycles. The summed E-state index contributed by atoms with van der Waals surface area (Å²) in [6, 6.07) is 17.3. The molecule has 2 heterocycles. The molecular weight excluding hydrogens is 428 g/mol. The first kappa shape index (κ1) is 21.1. The summed E-state index contributed by atoms with van der Waals surface area (Å²) in [7, 11) is 0. The zero-order chi connectivity index (χ0) is 23.2. The highest BCUT2D eigenvalue weighted by Crippen LogP contribution is 2.28. The maximum absolute atomic E-state index is 12.7. The van der Waals surface area contributed by atoms with E-state index >= 15 is 0 Å². The molecule has 4 aromatic rings. The number of hydrogen-bond acceptors (Lipinski definition) is 9. The quantitative estimate of drug-likeness (QED) is 0.247. The predicted molar refractivity (Wildman–Crippen MR) is 119 cm³/mol. The number of carbonyl (C=O) groups is 2. The van der Waals surface area contributed by atoms with Crippen LogP contribution in [-0.4, -0.2) is 31.7 Å². The second-order valence-corrected chi connectivity index (χ2v) is 6.58. The number of carbonyl (C=O) groups excluding carboxylic acids is 2. The lowest BCUT2D eigenvalue weighted by molar-refractivity contribution is -0.383. The van der Waals surface area contributed by atoms with Crippen LogP contribution < -0.4 is 21.7 Å². The maximum Gasteiger partial charge on any atom is 0.356 e. The minimum atomic E-state index is -0.748. The minimum absolute atomic E-state index is 0.0995. The lowest BCUT2D eigenvalue weighted by atomic mass is 10.0. The largest absolute Gasteiger partial charge is 0.356 e. The van der Waals surface area contributed by atoms with Crippen molar-refractivity contribution in [3.8, 4) is 0 Å². The van der Waals surface area contributed by atoms with E-state index in [1.807, 2.05) is 18.2 Å². The highest BCUT2D eigenvalue weighted by atomic mass is 16.6. The third-order valence-corrected chi connectivity index (χ3v) is 4.53. The molecule has 0 aliphatic carbocycles. The molecule has 0 atom stereocenters. The number of nitrogens with one attached hydrogen (secondary N) is 4. The fourth-order valence-electron chi connectivity index (χ4n) is 3.02. The number of amides is 2. The van der Waals surface area contributed by atoms with Crippen LogP contribution in [0.25, 0.3) is 10.8 Å². The predicted octanol–water partition coefficient (Wildman–Crippen LogP) is 2.45. The molecule has 0 spiro atoms. The van der Waals surface area contributed by atoms with Gasteiger partial charge in [-0.15, -0.1) is 0 Å². The van der Waals surface area contributed by atoms with Crippen molar-refractivity contribution in [2.24, 2.45) is 0 Å². The van der Waals surface area contributed by atoms with Gasteiger partial charge in [0.05, 0.1) is 4.92 Å². The SMILES string of the molecule is O=C(NNc1ncnc(NNC(=O)c2cccc3ccccc23)c1[N+](=O)[O-])c1ccccn1. The summed E-state index contributed by atoms with van der Waals surface area (Å²) in [4.78, 5) is 47.3. The monoisotopic (exact) mass is 444 g/mol. The summed E-state index contributed by atoms with van der Waals surface area (Å²) in [5.41, 5.74) is 9.44. The van der Waals surface area contributed by atoms with Gasteiger partial charge in [0.25, 0.3) is 11.8 Å². The lowest BCUT2D eigenvalue weighted by Crippen LogP contribution is -2.32. The number of anilines is 2. The van der Waals surface area contributed by atoms with E-state index in [1.165, 1.54) is 12.3 Å². The molecule has 2 amide bonds. The average Bonchev–Trinajstić information content (AvgIpc) is 2.85. The van der Waals surface area contributed by atoms with E-state index in [4.69, 9.17) is 0 Å². The Labute approximate surface area is 186 Å². The minimum Gasteiger partial charge on any atom is -0.276 e. The van der Waals surface area contributed by atoms with Gasteiger partial charge in [-0.25, -0.2) is 9.97 Å². The van der Waals surface area contributed by atoms with Crippen molar-refractivity contribution in [2.75, 3.05) is 10.9 Å². The van der Waals surface area contributed by atoms with Crippen molar-refractivity contribution in [1.82, 2.24) is 25.8 Å². The van der Waals surface area contributed by atoms with E-state index in [1.54, 1.807) is 36.4 Å². The first-order chi connectivity index (χ1) is 16.0. The number of hydrogen-bond donors (Lipinski definition) is 4. The van der Waals surface area contributed by atoms with Gasteiger partial charge in [0.1, 0.15) is 12.0 Å². The summed E-state index contributed by atoms with van der Waals surface area (Å²) in [6.45, 7) is 0. The summed E-state index contributed by atoms with van der Waals surface area (Å²) >= 11 is 0. The smallest absolute Gasteiger partial charge is 0.276 e. The van der Waals surface area contributed by atoms with Gasteiger partial charge in [-0.1, -0.05) is 42.5 Å². The van der Waals surface area contributed by atoms with Crippen LogP contribution >= 0.6 is 0 Å². The zero-order valence-electron chi connectivity index (χ0n) is 16.9. The van der Waals surface area contributed by atoms with Crippen LogP contribution in [-0.2, 0) is 0 Å². The fraction of sp³-hybridized carbons (Fsp3) is 0. The van der Waals surface area contributed by atoms with E-state index < -0.39 is 22.4 Å². The lowest BCUT2D eigenvalue weighted by Gasteiger charge is -2.12. The molecule has 4 N–H and O–H groups in total. The Bertz CT molecular complexity index is 1340. The Morgan fingerprint density at radius 3 is 2.15 bits per heavy atom. The molecule has 0 saturated heterocycles. The second-order valence-electron chi connectivity index (χ2n) is 6.58. The van der Waals surface area contributed by atoms with Gasteiger partial charge in [0, 0.05) is 11.8 Å². The number of benzene rings is 2. The molecule has 12 nitrogen and oxygen atoms in total. The third-order valence-electron chi connectivity index (χ3n) is 4.53. The molecule has 0 saturated carbocycles. The van der Waals surface area contributed by atoms with Gasteiger partial charge < -0.3 is 0 Å². The van der Waals surface area contributed by atoms with E-state index in [2.05, 4.69) is 36.7 Å². The Kier molecular flexibility index (Phi) is 5.98. The summed E-state index contributed by atoms with van der Waals surface area (Å²) < 4.78 is 0. The van der Waals surface area contributed by atoms with Crippen molar-refractivity contribution in [2.45, 2.75) is 0 Å². The van der Waals surface area contributed by atoms with Crippen LogP contribution in [0.1, 0.15) is 20.8 Å². The second kappa shape index (κ2) is 9.34. The number of nitrogens with zero attached hydrogens (tertiary/aromatic N) is 4. The Morgan fingerprint density at radius 1 is 0.788 bits per heavy atom. The Morgan fingerprint density at radius 2 is 1.45 bits per heavy atom. The Hall–Kier alpha value is -5.13. The number of pyridine rings is 1. The molecule has 164 valence electrons. The highest BCUT2D eigenvalue weighted by Gasteiger charge is 2.24. The van der Waals surface area contributed by atoms with Crippen LogP contribution in [0.2, 0.25) is 0 Å². The number of rotatable bonds is 7. The van der Waals surface area contributed by atoms with Crippen molar-refractivity contribution >= 4 is 39.9 Å². The molecular formula is C21H16N8O4. The van der Waals surface area contributed by atoms with Crippen LogP contribution in [0.5, 0.6) is 0 Å². The van der Waals surface area contributed by atoms with Crippen molar-refractivity contribution < 1.29 is 14.5 Å². The molecule has 12 heteroatoms. The van der Waals surface area contributed by atoms with Gasteiger partial charge in [0.2, 0.25) is 11.6 Å². The van der Waals surface area contributed by atoms with Crippen LogP contribution in [0.3, 0.4) is 0 Å². The van der Waals surface area contributed by atoms with E-state index in [0.29, 0.717) is 5.56 Å². The van der Waals surface area contributed by atoms with Crippen LogP contribution in [0, 0.1) is 10.1 Å². The summed E-state index contributed by atoms with van der Waals surface area (Å²) in [5, 5.41) is 13.2. The van der Waals surface area contributed by atoms with Crippen LogP contribution in [0.4, 0.5) is 17.3 Å². The average molecular weight is 444 g/mol. The molecule has 0 bridgehead atoms. The van der Waals surface area contributed by atoms with Crippen molar-refractivity contribution in [1.29, 1.82) is 0 Å². The van der Waals surface area contributed by atoms with Gasteiger partial charge in [-0.3, -0.25) is 46.4 Å². The first-order valence-corrected chi connectivity index (χ1v) is 9.55. The van der Waals surface area contributed by atoms with E-state index in [9.17, 15) is 19.7 Å². The summed E-state index contributed by atoms with van der Waals surface area (Å²) in [6.07, 6.45) is 2.47. The number of fused-ring (bicyclic) bond motifs is 1. The van der Waals surface area contributed by atoms with Crippen LogP contribution in [0.15, 0.2) is 73.2 Å². The molecule has 33 heavy (non-hydrogen) atoms.